The van der Waals surface area contributed by atoms with Gasteiger partial charge in [0.2, 0.25) is 0 Å². The molecule has 1 heterocycles. The third kappa shape index (κ3) is 3.41. The van der Waals surface area contributed by atoms with Crippen LogP contribution in [0.3, 0.4) is 0 Å². The molecule has 0 aliphatic rings. The van der Waals surface area contributed by atoms with Crippen molar-refractivity contribution in [2.45, 2.75) is 0 Å². The summed E-state index contributed by atoms with van der Waals surface area (Å²) in [5, 5.41) is 12.5. The molecule has 15 heavy (non-hydrogen) atoms. The van der Waals surface area contributed by atoms with Gasteiger partial charge in [-0.2, -0.15) is 16.6 Å². The van der Waals surface area contributed by atoms with Crippen LogP contribution < -0.4 is 0 Å². The number of thiophene rings is 1. The predicted molar refractivity (Wildman–Crippen MR) is 59.1 cm³/mol. The molecule has 0 unspecified atom stereocenters. The Bertz CT molecular complexity index is 412. The third-order valence-electron chi connectivity index (χ3n) is 1.53. The first kappa shape index (κ1) is 11.2. The molecule has 0 saturated carbocycles. The van der Waals surface area contributed by atoms with Crippen LogP contribution >= 0.6 is 11.3 Å². The van der Waals surface area contributed by atoms with E-state index in [1.165, 1.54) is 23.5 Å². The van der Waals surface area contributed by atoms with Crippen molar-refractivity contribution < 1.29 is 9.53 Å². The van der Waals surface area contributed by atoms with Gasteiger partial charge in [-0.3, -0.25) is 0 Å². The van der Waals surface area contributed by atoms with Gasteiger partial charge in [-0.15, -0.1) is 0 Å². The summed E-state index contributed by atoms with van der Waals surface area (Å²) < 4.78 is 4.75. The number of rotatable bonds is 4. The number of carbonyl (C=O) groups is 1. The molecular formula is C11H9NO2S. The molecule has 0 fully saturated rings. The average molecular weight is 219 g/mol. The van der Waals surface area contributed by atoms with E-state index in [0.717, 1.165) is 5.56 Å². The Morgan fingerprint density at radius 3 is 3.07 bits per heavy atom. The number of nitrogens with zero attached hydrogens (tertiary/aromatic N) is 1. The summed E-state index contributed by atoms with van der Waals surface area (Å²) >= 11 is 1.50. The SMILES string of the molecule is C=CCOC(=O)C(C#N)=Cc1ccsc1. The second-order valence-electron chi connectivity index (χ2n) is 2.61. The number of hydrogen-bond donors (Lipinski definition) is 0. The molecule has 0 aliphatic heterocycles. The molecule has 0 N–H and O–H groups in total. The van der Waals surface area contributed by atoms with Crippen molar-refractivity contribution >= 4 is 23.4 Å². The molecule has 0 amide bonds. The Hall–Kier alpha value is -1.86. The summed E-state index contributed by atoms with van der Waals surface area (Å²) in [5.74, 6) is -0.622. The van der Waals surface area contributed by atoms with Gasteiger partial charge in [0.15, 0.2) is 0 Å². The Balaban J connectivity index is 2.76. The van der Waals surface area contributed by atoms with Crippen LogP contribution in [0.5, 0.6) is 0 Å². The first-order valence-electron chi connectivity index (χ1n) is 4.20. The van der Waals surface area contributed by atoms with Crippen LogP contribution in [0, 0.1) is 11.3 Å². The van der Waals surface area contributed by atoms with Crippen molar-refractivity contribution in [3.8, 4) is 6.07 Å². The normalized spacial score (nSPS) is 10.5. The molecular weight excluding hydrogens is 210 g/mol. The monoisotopic (exact) mass is 219 g/mol. The van der Waals surface area contributed by atoms with Crippen LogP contribution in [0.25, 0.3) is 6.08 Å². The molecule has 0 radical (unpaired) electrons. The molecule has 3 nitrogen and oxygen atoms in total. The summed E-state index contributed by atoms with van der Waals surface area (Å²) in [7, 11) is 0. The number of hydrogen-bond acceptors (Lipinski definition) is 4. The molecule has 0 bridgehead atoms. The highest BCUT2D eigenvalue weighted by Gasteiger charge is 2.09. The summed E-state index contributed by atoms with van der Waals surface area (Å²) in [6, 6.07) is 3.63. The standard InChI is InChI=1S/C11H9NO2S/c1-2-4-14-11(13)10(7-12)6-9-3-5-15-8-9/h2-3,5-6,8H,1,4H2. The summed E-state index contributed by atoms with van der Waals surface area (Å²) in [6.07, 6.45) is 2.96. The molecule has 0 aliphatic carbocycles. The second-order valence-corrected chi connectivity index (χ2v) is 3.39. The number of nitriles is 1. The van der Waals surface area contributed by atoms with E-state index < -0.39 is 5.97 Å². The Labute approximate surface area is 91.9 Å². The van der Waals surface area contributed by atoms with Crippen LogP contribution in [-0.4, -0.2) is 12.6 Å². The third-order valence-corrected chi connectivity index (χ3v) is 2.23. The highest BCUT2D eigenvalue weighted by Crippen LogP contribution is 2.11. The van der Waals surface area contributed by atoms with E-state index in [4.69, 9.17) is 10.00 Å². The van der Waals surface area contributed by atoms with Gasteiger partial charge in [0, 0.05) is 0 Å². The van der Waals surface area contributed by atoms with Gasteiger partial charge >= 0.3 is 5.97 Å². The fourth-order valence-corrected chi connectivity index (χ4v) is 1.49. The van der Waals surface area contributed by atoms with Crippen LogP contribution in [-0.2, 0) is 9.53 Å². The maximum atomic E-state index is 11.3. The topological polar surface area (TPSA) is 50.1 Å². The molecule has 0 atom stereocenters. The highest BCUT2D eigenvalue weighted by molar-refractivity contribution is 7.08. The first-order valence-corrected chi connectivity index (χ1v) is 5.14. The van der Waals surface area contributed by atoms with Crippen molar-refractivity contribution in [1.29, 1.82) is 5.26 Å². The van der Waals surface area contributed by atoms with E-state index in [1.54, 1.807) is 6.07 Å². The zero-order chi connectivity index (χ0) is 11.1. The maximum absolute atomic E-state index is 11.3. The van der Waals surface area contributed by atoms with Crippen LogP contribution in [0.2, 0.25) is 0 Å². The molecule has 1 aromatic rings. The summed E-state index contributed by atoms with van der Waals surface area (Å²) in [5.41, 5.74) is 0.822. The lowest BCUT2D eigenvalue weighted by Gasteiger charge is -1.98. The zero-order valence-electron chi connectivity index (χ0n) is 7.97. The second kappa shape index (κ2) is 5.78. The molecule has 0 aromatic carbocycles. The van der Waals surface area contributed by atoms with Crippen molar-refractivity contribution in [3.63, 3.8) is 0 Å². The fraction of sp³-hybridized carbons (Fsp3) is 0.0909. The van der Waals surface area contributed by atoms with Gasteiger partial charge in [-0.25, -0.2) is 4.79 Å². The molecule has 1 rings (SSSR count). The minimum atomic E-state index is -0.622. The van der Waals surface area contributed by atoms with Crippen molar-refractivity contribution in [1.82, 2.24) is 0 Å². The lowest BCUT2D eigenvalue weighted by atomic mass is 10.2. The molecule has 4 heteroatoms. The summed E-state index contributed by atoms with van der Waals surface area (Å²) in [6.45, 7) is 3.53. The van der Waals surface area contributed by atoms with E-state index >= 15 is 0 Å². The quantitative estimate of drug-likeness (QED) is 0.338. The maximum Gasteiger partial charge on any atom is 0.349 e. The van der Waals surface area contributed by atoms with Gasteiger partial charge in [0.25, 0.3) is 0 Å². The zero-order valence-corrected chi connectivity index (χ0v) is 8.79. The van der Waals surface area contributed by atoms with Gasteiger partial charge in [0.1, 0.15) is 18.2 Å². The molecule has 0 spiro atoms. The Kier molecular flexibility index (Phi) is 4.32. The highest BCUT2D eigenvalue weighted by atomic mass is 32.1. The van der Waals surface area contributed by atoms with Gasteiger partial charge in [0.05, 0.1) is 0 Å². The lowest BCUT2D eigenvalue weighted by molar-refractivity contribution is -0.137. The number of carbonyl (C=O) groups excluding carboxylic acids is 1. The molecule has 76 valence electrons. The van der Waals surface area contributed by atoms with Crippen molar-refractivity contribution in [2.75, 3.05) is 6.61 Å². The van der Waals surface area contributed by atoms with E-state index in [-0.39, 0.29) is 12.2 Å². The minimum Gasteiger partial charge on any atom is -0.457 e. The van der Waals surface area contributed by atoms with Gasteiger partial charge < -0.3 is 4.74 Å². The number of ether oxygens (including phenoxy) is 1. The number of esters is 1. The van der Waals surface area contributed by atoms with E-state index in [1.807, 2.05) is 16.8 Å². The van der Waals surface area contributed by atoms with Gasteiger partial charge in [-0.1, -0.05) is 12.7 Å². The lowest BCUT2D eigenvalue weighted by Crippen LogP contribution is -2.06. The van der Waals surface area contributed by atoms with Crippen LogP contribution in [0.15, 0.2) is 35.1 Å². The van der Waals surface area contributed by atoms with E-state index in [0.29, 0.717) is 0 Å². The largest absolute Gasteiger partial charge is 0.457 e. The predicted octanol–water partition coefficient (Wildman–Crippen LogP) is 2.38. The van der Waals surface area contributed by atoms with Crippen LogP contribution in [0.1, 0.15) is 5.56 Å². The minimum absolute atomic E-state index is 0.00440. The van der Waals surface area contributed by atoms with E-state index in [9.17, 15) is 4.79 Å². The first-order chi connectivity index (χ1) is 7.27. The Morgan fingerprint density at radius 2 is 2.53 bits per heavy atom. The fourth-order valence-electron chi connectivity index (χ4n) is 0.873. The summed E-state index contributed by atoms with van der Waals surface area (Å²) in [4.78, 5) is 11.3. The van der Waals surface area contributed by atoms with Crippen molar-refractivity contribution in [3.05, 3.63) is 40.6 Å². The smallest absolute Gasteiger partial charge is 0.349 e. The van der Waals surface area contributed by atoms with Crippen LogP contribution in [0.4, 0.5) is 0 Å². The molecule has 0 saturated heterocycles. The van der Waals surface area contributed by atoms with Crippen molar-refractivity contribution in [2.24, 2.45) is 0 Å². The van der Waals surface area contributed by atoms with Gasteiger partial charge in [-0.05, 0) is 28.5 Å². The Morgan fingerprint density at radius 1 is 1.73 bits per heavy atom. The van der Waals surface area contributed by atoms with E-state index in [2.05, 4.69) is 6.58 Å². The molecule has 1 aromatic heterocycles. The average Bonchev–Trinajstić information content (AvgIpc) is 2.75.